The van der Waals surface area contributed by atoms with E-state index >= 15 is 0 Å². The second-order valence-electron chi connectivity index (χ2n) is 6.73. The van der Waals surface area contributed by atoms with Gasteiger partial charge in [0.25, 0.3) is 0 Å². The molecule has 0 spiro atoms. The van der Waals surface area contributed by atoms with Crippen molar-refractivity contribution in [3.8, 4) is 5.75 Å². The number of rotatable bonds is 7. The predicted molar refractivity (Wildman–Crippen MR) is 102 cm³/mol. The van der Waals surface area contributed by atoms with E-state index in [0.717, 1.165) is 50.1 Å². The first-order valence-corrected chi connectivity index (χ1v) is 9.05. The van der Waals surface area contributed by atoms with Gasteiger partial charge in [0.15, 0.2) is 5.96 Å². The fraction of sp³-hybridized carbons (Fsp3) is 0.632. The molecule has 1 aromatic rings. The van der Waals surface area contributed by atoms with Crippen LogP contribution in [-0.4, -0.2) is 62.9 Å². The van der Waals surface area contributed by atoms with Gasteiger partial charge in [-0.3, -0.25) is 9.89 Å². The van der Waals surface area contributed by atoms with E-state index in [0.29, 0.717) is 13.2 Å². The summed E-state index contributed by atoms with van der Waals surface area (Å²) in [5, 5.41) is 6.82. The molecule has 1 aliphatic rings. The molecule has 0 atom stereocenters. The number of guanidine groups is 1. The molecule has 6 nitrogen and oxygen atoms in total. The smallest absolute Gasteiger partial charge is 0.191 e. The van der Waals surface area contributed by atoms with Crippen LogP contribution in [0.1, 0.15) is 26.3 Å². The standard InChI is InChI=1S/C19H32N4O2/c1-5-25-17-9-7-6-8-16(17)14-21-18(20-4)22-15-19(2,3)23-10-12-24-13-11-23/h6-9H,5,10-15H2,1-4H3,(H2,20,21,22). The normalized spacial score (nSPS) is 16.6. The maximum Gasteiger partial charge on any atom is 0.191 e. The number of hydrogen-bond donors (Lipinski definition) is 2. The van der Waals surface area contributed by atoms with Gasteiger partial charge in [0.05, 0.1) is 19.8 Å². The average molecular weight is 348 g/mol. The van der Waals surface area contributed by atoms with Crippen molar-refractivity contribution in [1.82, 2.24) is 15.5 Å². The van der Waals surface area contributed by atoms with Crippen LogP contribution in [0.25, 0.3) is 0 Å². The van der Waals surface area contributed by atoms with Crippen molar-refractivity contribution in [3.63, 3.8) is 0 Å². The number of hydrogen-bond acceptors (Lipinski definition) is 4. The predicted octanol–water partition coefficient (Wildman–Crippen LogP) is 1.86. The zero-order chi connectivity index (χ0) is 18.1. The van der Waals surface area contributed by atoms with Gasteiger partial charge in [-0.1, -0.05) is 18.2 Å². The number of aliphatic imine (C=N–C) groups is 1. The van der Waals surface area contributed by atoms with Gasteiger partial charge in [0, 0.05) is 44.3 Å². The zero-order valence-corrected chi connectivity index (χ0v) is 16.0. The molecule has 1 saturated heterocycles. The number of nitrogens with zero attached hydrogens (tertiary/aromatic N) is 2. The highest BCUT2D eigenvalue weighted by molar-refractivity contribution is 5.79. The SMILES string of the molecule is CCOc1ccccc1CNC(=NC)NCC(C)(C)N1CCOCC1. The van der Waals surface area contributed by atoms with Crippen LogP contribution in [0, 0.1) is 0 Å². The fourth-order valence-corrected chi connectivity index (χ4v) is 2.93. The van der Waals surface area contributed by atoms with E-state index in [1.54, 1.807) is 7.05 Å². The van der Waals surface area contributed by atoms with Gasteiger partial charge in [0.2, 0.25) is 0 Å². The topological polar surface area (TPSA) is 58.1 Å². The van der Waals surface area contributed by atoms with E-state index in [4.69, 9.17) is 9.47 Å². The molecular weight excluding hydrogens is 316 g/mol. The number of nitrogens with one attached hydrogen (secondary N) is 2. The lowest BCUT2D eigenvalue weighted by atomic mass is 10.0. The summed E-state index contributed by atoms with van der Waals surface area (Å²) in [7, 11) is 1.80. The Kier molecular flexibility index (Phi) is 7.52. The molecule has 6 heteroatoms. The molecular formula is C19H32N4O2. The summed E-state index contributed by atoms with van der Waals surface area (Å²) in [5.41, 5.74) is 1.17. The van der Waals surface area contributed by atoms with E-state index in [2.05, 4.69) is 40.4 Å². The second kappa shape index (κ2) is 9.63. The van der Waals surface area contributed by atoms with Crippen LogP contribution in [0.5, 0.6) is 5.75 Å². The quantitative estimate of drug-likeness (QED) is 0.582. The maximum absolute atomic E-state index is 5.68. The molecule has 1 heterocycles. The molecule has 140 valence electrons. The van der Waals surface area contributed by atoms with E-state index in [1.165, 1.54) is 0 Å². The molecule has 1 aliphatic heterocycles. The molecule has 0 radical (unpaired) electrons. The summed E-state index contributed by atoms with van der Waals surface area (Å²) in [6, 6.07) is 8.09. The Morgan fingerprint density at radius 1 is 1.24 bits per heavy atom. The third kappa shape index (κ3) is 5.90. The van der Waals surface area contributed by atoms with Gasteiger partial charge in [-0.05, 0) is 26.8 Å². The van der Waals surface area contributed by atoms with Crippen LogP contribution in [0.15, 0.2) is 29.3 Å². The van der Waals surface area contributed by atoms with E-state index in [9.17, 15) is 0 Å². The number of morpholine rings is 1. The first kappa shape index (κ1) is 19.5. The minimum Gasteiger partial charge on any atom is -0.494 e. The highest BCUT2D eigenvalue weighted by Crippen LogP contribution is 2.18. The van der Waals surface area contributed by atoms with Crippen molar-refractivity contribution >= 4 is 5.96 Å². The highest BCUT2D eigenvalue weighted by Gasteiger charge is 2.28. The molecule has 0 saturated carbocycles. The van der Waals surface area contributed by atoms with Crippen molar-refractivity contribution in [2.75, 3.05) is 46.5 Å². The first-order valence-electron chi connectivity index (χ1n) is 9.05. The van der Waals surface area contributed by atoms with Gasteiger partial charge < -0.3 is 20.1 Å². The Morgan fingerprint density at radius 2 is 1.96 bits per heavy atom. The number of benzene rings is 1. The van der Waals surface area contributed by atoms with Crippen molar-refractivity contribution in [3.05, 3.63) is 29.8 Å². The lowest BCUT2D eigenvalue weighted by molar-refractivity contribution is -0.00834. The van der Waals surface area contributed by atoms with Crippen LogP contribution in [0.4, 0.5) is 0 Å². The maximum atomic E-state index is 5.68. The molecule has 0 bridgehead atoms. The molecule has 2 N–H and O–H groups in total. The summed E-state index contributed by atoms with van der Waals surface area (Å²) >= 11 is 0. The van der Waals surface area contributed by atoms with Crippen molar-refractivity contribution in [2.24, 2.45) is 4.99 Å². The summed E-state index contributed by atoms with van der Waals surface area (Å²) in [5.74, 6) is 1.72. The largest absolute Gasteiger partial charge is 0.494 e. The third-order valence-electron chi connectivity index (χ3n) is 4.50. The average Bonchev–Trinajstić information content (AvgIpc) is 2.64. The molecule has 1 aromatic carbocycles. The minimum absolute atomic E-state index is 0.0463. The third-order valence-corrected chi connectivity index (χ3v) is 4.50. The Bertz CT molecular complexity index is 554. The fourth-order valence-electron chi connectivity index (χ4n) is 2.93. The highest BCUT2D eigenvalue weighted by atomic mass is 16.5. The Hall–Kier alpha value is -1.79. The molecule has 0 aromatic heterocycles. The number of ether oxygens (including phenoxy) is 2. The summed E-state index contributed by atoms with van der Waals surface area (Å²) < 4.78 is 11.1. The van der Waals surface area contributed by atoms with Crippen molar-refractivity contribution in [2.45, 2.75) is 32.9 Å². The molecule has 1 fully saturated rings. The monoisotopic (exact) mass is 348 g/mol. The molecule has 0 amide bonds. The lowest BCUT2D eigenvalue weighted by Crippen LogP contribution is -2.56. The first-order chi connectivity index (χ1) is 12.1. The van der Waals surface area contributed by atoms with Crippen molar-refractivity contribution < 1.29 is 9.47 Å². The van der Waals surface area contributed by atoms with Gasteiger partial charge in [-0.25, -0.2) is 0 Å². The molecule has 25 heavy (non-hydrogen) atoms. The van der Waals surface area contributed by atoms with Crippen LogP contribution in [0.3, 0.4) is 0 Å². The second-order valence-corrected chi connectivity index (χ2v) is 6.73. The molecule has 0 unspecified atom stereocenters. The Morgan fingerprint density at radius 3 is 2.64 bits per heavy atom. The van der Waals surface area contributed by atoms with Gasteiger partial charge in [-0.2, -0.15) is 0 Å². The lowest BCUT2D eigenvalue weighted by Gasteiger charge is -2.41. The van der Waals surface area contributed by atoms with E-state index in [-0.39, 0.29) is 5.54 Å². The molecule has 2 rings (SSSR count). The van der Waals surface area contributed by atoms with E-state index in [1.807, 2.05) is 25.1 Å². The van der Waals surface area contributed by atoms with Crippen molar-refractivity contribution in [1.29, 1.82) is 0 Å². The van der Waals surface area contributed by atoms with Crippen LogP contribution in [-0.2, 0) is 11.3 Å². The Balaban J connectivity index is 1.86. The van der Waals surface area contributed by atoms with Crippen LogP contribution < -0.4 is 15.4 Å². The van der Waals surface area contributed by atoms with E-state index < -0.39 is 0 Å². The van der Waals surface area contributed by atoms with Gasteiger partial charge in [-0.15, -0.1) is 0 Å². The van der Waals surface area contributed by atoms with Gasteiger partial charge >= 0.3 is 0 Å². The number of para-hydroxylation sites is 1. The van der Waals surface area contributed by atoms with Crippen LogP contribution in [0.2, 0.25) is 0 Å². The molecule has 0 aliphatic carbocycles. The van der Waals surface area contributed by atoms with Gasteiger partial charge in [0.1, 0.15) is 5.75 Å². The summed E-state index contributed by atoms with van der Waals surface area (Å²) in [6.45, 7) is 12.2. The zero-order valence-electron chi connectivity index (χ0n) is 16.0. The Labute approximate surface area is 151 Å². The van der Waals surface area contributed by atoms with Crippen LogP contribution >= 0.6 is 0 Å². The minimum atomic E-state index is 0.0463. The summed E-state index contributed by atoms with van der Waals surface area (Å²) in [4.78, 5) is 6.80. The summed E-state index contributed by atoms with van der Waals surface area (Å²) in [6.07, 6.45) is 0.